The molecule has 0 spiro atoms. The molecule has 1 aliphatic rings. The molecule has 21 heavy (non-hydrogen) atoms. The molecule has 0 radical (unpaired) electrons. The van der Waals surface area contributed by atoms with Crippen LogP contribution in [-0.4, -0.2) is 41.4 Å². The number of benzene rings is 1. The highest BCUT2D eigenvalue weighted by Crippen LogP contribution is 2.26. The Morgan fingerprint density at radius 1 is 1.52 bits per heavy atom. The Morgan fingerprint density at radius 2 is 2.24 bits per heavy atom. The third kappa shape index (κ3) is 3.91. The standard InChI is InChI=1S/C14H20N4O3/c1-2-17(11-4-5-11)8-7-16-14(19)10-3-6-13(18(20)21)12(15)9-10/h3,6,9,11H,2,4-5,7-8,15H2,1H3,(H,16,19). The molecule has 1 aromatic rings. The van der Waals surface area contributed by atoms with Crippen molar-refractivity contribution in [2.45, 2.75) is 25.8 Å². The predicted molar refractivity (Wildman–Crippen MR) is 80.1 cm³/mol. The molecule has 7 heteroatoms. The van der Waals surface area contributed by atoms with Crippen molar-refractivity contribution in [2.75, 3.05) is 25.4 Å². The quantitative estimate of drug-likeness (QED) is 0.449. The zero-order chi connectivity index (χ0) is 15.4. The molecular weight excluding hydrogens is 272 g/mol. The molecule has 7 nitrogen and oxygen atoms in total. The fraction of sp³-hybridized carbons (Fsp3) is 0.500. The number of nitrogens with one attached hydrogen (secondary N) is 1. The number of nitro benzene ring substituents is 1. The molecule has 1 fully saturated rings. The Labute approximate surface area is 123 Å². The first-order valence-corrected chi connectivity index (χ1v) is 7.09. The number of nitrogens with zero attached hydrogens (tertiary/aromatic N) is 2. The van der Waals surface area contributed by atoms with Gasteiger partial charge in [0.05, 0.1) is 4.92 Å². The minimum Gasteiger partial charge on any atom is -0.393 e. The monoisotopic (exact) mass is 292 g/mol. The van der Waals surface area contributed by atoms with Gasteiger partial charge in [-0.1, -0.05) is 6.92 Å². The van der Waals surface area contributed by atoms with Crippen molar-refractivity contribution in [3.63, 3.8) is 0 Å². The second kappa shape index (κ2) is 6.53. The molecule has 0 bridgehead atoms. The van der Waals surface area contributed by atoms with Crippen molar-refractivity contribution in [3.05, 3.63) is 33.9 Å². The van der Waals surface area contributed by atoms with Crippen LogP contribution in [0, 0.1) is 10.1 Å². The molecule has 1 amide bonds. The maximum absolute atomic E-state index is 12.0. The molecule has 2 rings (SSSR count). The van der Waals surface area contributed by atoms with Crippen LogP contribution >= 0.6 is 0 Å². The smallest absolute Gasteiger partial charge is 0.292 e. The van der Waals surface area contributed by atoms with Gasteiger partial charge in [0.1, 0.15) is 5.69 Å². The van der Waals surface area contributed by atoms with Crippen LogP contribution in [0.15, 0.2) is 18.2 Å². The molecule has 0 aliphatic heterocycles. The molecule has 1 aromatic carbocycles. The maximum atomic E-state index is 12.0. The van der Waals surface area contributed by atoms with E-state index >= 15 is 0 Å². The van der Waals surface area contributed by atoms with Crippen molar-refractivity contribution >= 4 is 17.3 Å². The Bertz CT molecular complexity index is 543. The number of hydrogen-bond acceptors (Lipinski definition) is 5. The molecule has 114 valence electrons. The van der Waals surface area contributed by atoms with Gasteiger partial charge in [0.15, 0.2) is 0 Å². The molecule has 1 aliphatic carbocycles. The van der Waals surface area contributed by atoms with Gasteiger partial charge in [-0.05, 0) is 31.5 Å². The van der Waals surface area contributed by atoms with Gasteiger partial charge in [-0.2, -0.15) is 0 Å². The normalized spacial score (nSPS) is 14.2. The second-order valence-corrected chi connectivity index (χ2v) is 5.15. The van der Waals surface area contributed by atoms with E-state index in [1.807, 2.05) is 0 Å². The van der Waals surface area contributed by atoms with E-state index in [0.29, 0.717) is 18.2 Å². The Morgan fingerprint density at radius 3 is 2.76 bits per heavy atom. The molecule has 3 N–H and O–H groups in total. The van der Waals surface area contributed by atoms with Crippen LogP contribution in [0.4, 0.5) is 11.4 Å². The van der Waals surface area contributed by atoms with Gasteiger partial charge in [0.2, 0.25) is 0 Å². The molecule has 0 heterocycles. The number of carbonyl (C=O) groups is 1. The van der Waals surface area contributed by atoms with Gasteiger partial charge in [-0.15, -0.1) is 0 Å². The molecule has 1 saturated carbocycles. The van der Waals surface area contributed by atoms with E-state index in [-0.39, 0.29) is 17.3 Å². The van der Waals surface area contributed by atoms with E-state index in [9.17, 15) is 14.9 Å². The van der Waals surface area contributed by atoms with Crippen LogP contribution in [0.1, 0.15) is 30.1 Å². The molecule has 0 saturated heterocycles. The Hall–Kier alpha value is -2.15. The van der Waals surface area contributed by atoms with Gasteiger partial charge in [0.25, 0.3) is 11.6 Å². The summed E-state index contributed by atoms with van der Waals surface area (Å²) in [4.78, 5) is 24.4. The third-order valence-corrected chi connectivity index (χ3v) is 3.64. The number of rotatable bonds is 7. The van der Waals surface area contributed by atoms with Crippen LogP contribution < -0.4 is 11.1 Å². The van der Waals surface area contributed by atoms with Crippen LogP contribution in [0.25, 0.3) is 0 Å². The topological polar surface area (TPSA) is 102 Å². The molecule has 0 aromatic heterocycles. The van der Waals surface area contributed by atoms with Crippen LogP contribution in [0.2, 0.25) is 0 Å². The summed E-state index contributed by atoms with van der Waals surface area (Å²) in [5.41, 5.74) is 5.73. The lowest BCUT2D eigenvalue weighted by Crippen LogP contribution is -2.36. The summed E-state index contributed by atoms with van der Waals surface area (Å²) < 4.78 is 0. The minimum atomic E-state index is -0.564. The summed E-state index contributed by atoms with van der Waals surface area (Å²) >= 11 is 0. The van der Waals surface area contributed by atoms with Crippen LogP contribution in [-0.2, 0) is 0 Å². The van der Waals surface area contributed by atoms with Crippen molar-refractivity contribution in [3.8, 4) is 0 Å². The fourth-order valence-electron chi connectivity index (χ4n) is 2.32. The van der Waals surface area contributed by atoms with Crippen molar-refractivity contribution in [2.24, 2.45) is 0 Å². The van der Waals surface area contributed by atoms with E-state index in [0.717, 1.165) is 13.1 Å². The molecule has 0 unspecified atom stereocenters. The van der Waals surface area contributed by atoms with Crippen molar-refractivity contribution in [1.82, 2.24) is 10.2 Å². The average Bonchev–Trinajstić information content (AvgIpc) is 3.27. The number of amides is 1. The lowest BCUT2D eigenvalue weighted by molar-refractivity contribution is -0.383. The number of likely N-dealkylation sites (N-methyl/N-ethyl adjacent to an activating group) is 1. The van der Waals surface area contributed by atoms with Gasteiger partial charge in [-0.25, -0.2) is 0 Å². The van der Waals surface area contributed by atoms with Crippen LogP contribution in [0.5, 0.6) is 0 Å². The van der Waals surface area contributed by atoms with Gasteiger partial charge < -0.3 is 11.1 Å². The van der Waals surface area contributed by atoms with E-state index in [1.54, 1.807) is 0 Å². The van der Waals surface area contributed by atoms with E-state index in [2.05, 4.69) is 17.1 Å². The highest BCUT2D eigenvalue weighted by molar-refractivity contribution is 5.95. The summed E-state index contributed by atoms with van der Waals surface area (Å²) in [7, 11) is 0. The lowest BCUT2D eigenvalue weighted by atomic mass is 10.1. The van der Waals surface area contributed by atoms with E-state index < -0.39 is 4.92 Å². The SMILES string of the molecule is CCN(CCNC(=O)c1ccc([N+](=O)[O-])c(N)c1)C1CC1. The number of nitro groups is 1. The van der Waals surface area contributed by atoms with Crippen molar-refractivity contribution < 1.29 is 9.72 Å². The Balaban J connectivity index is 1.88. The first-order valence-electron chi connectivity index (χ1n) is 7.09. The number of hydrogen-bond donors (Lipinski definition) is 2. The zero-order valence-electron chi connectivity index (χ0n) is 12.0. The number of nitrogen functional groups attached to an aromatic ring is 1. The molecule has 0 atom stereocenters. The van der Waals surface area contributed by atoms with Crippen LogP contribution in [0.3, 0.4) is 0 Å². The second-order valence-electron chi connectivity index (χ2n) is 5.15. The third-order valence-electron chi connectivity index (χ3n) is 3.64. The van der Waals surface area contributed by atoms with Gasteiger partial charge in [-0.3, -0.25) is 19.8 Å². The first-order chi connectivity index (χ1) is 10.0. The average molecular weight is 292 g/mol. The summed E-state index contributed by atoms with van der Waals surface area (Å²) in [6.07, 6.45) is 2.47. The summed E-state index contributed by atoms with van der Waals surface area (Å²) in [6, 6.07) is 4.68. The predicted octanol–water partition coefficient (Wildman–Crippen LogP) is 1.39. The highest BCUT2D eigenvalue weighted by Gasteiger charge is 2.27. The lowest BCUT2D eigenvalue weighted by Gasteiger charge is -2.19. The molecular formula is C14H20N4O3. The highest BCUT2D eigenvalue weighted by atomic mass is 16.6. The number of nitrogens with two attached hydrogens (primary N) is 1. The zero-order valence-corrected chi connectivity index (χ0v) is 12.0. The van der Waals surface area contributed by atoms with Crippen molar-refractivity contribution in [1.29, 1.82) is 0 Å². The van der Waals surface area contributed by atoms with Gasteiger partial charge in [0, 0.05) is 30.8 Å². The maximum Gasteiger partial charge on any atom is 0.292 e. The first kappa shape index (κ1) is 15.2. The summed E-state index contributed by atoms with van der Waals surface area (Å²) in [5.74, 6) is -0.261. The minimum absolute atomic E-state index is 0.000755. The summed E-state index contributed by atoms with van der Waals surface area (Å²) in [6.45, 7) is 4.46. The largest absolute Gasteiger partial charge is 0.393 e. The Kier molecular flexibility index (Phi) is 4.74. The fourth-order valence-corrected chi connectivity index (χ4v) is 2.32. The summed E-state index contributed by atoms with van der Waals surface area (Å²) in [5, 5.41) is 13.5. The number of carbonyl (C=O) groups excluding carboxylic acids is 1. The van der Waals surface area contributed by atoms with Gasteiger partial charge >= 0.3 is 0 Å². The van der Waals surface area contributed by atoms with E-state index in [1.165, 1.54) is 31.0 Å². The number of anilines is 1. The van der Waals surface area contributed by atoms with E-state index in [4.69, 9.17) is 5.73 Å².